The topological polar surface area (TPSA) is 100 Å². The second kappa shape index (κ2) is 7.69. The van der Waals surface area contributed by atoms with Crippen molar-refractivity contribution in [3.8, 4) is 11.5 Å². The maximum Gasteiger partial charge on any atom is 0.363 e. The molecule has 1 aliphatic rings. The summed E-state index contributed by atoms with van der Waals surface area (Å²) in [6.07, 6.45) is 1.51. The molecule has 2 N–H and O–H groups in total. The van der Waals surface area contributed by atoms with Crippen LogP contribution in [-0.4, -0.2) is 31.5 Å². The number of benzene rings is 2. The first-order valence-corrected chi connectivity index (χ1v) is 7.84. The summed E-state index contributed by atoms with van der Waals surface area (Å²) in [6.45, 7) is -0.283. The molecule has 27 heavy (non-hydrogen) atoms. The molecule has 8 heteroatoms. The van der Waals surface area contributed by atoms with Gasteiger partial charge in [0.1, 0.15) is 5.82 Å². The molecular weight excluding hydrogens is 355 g/mol. The molecule has 2 aromatic rings. The van der Waals surface area contributed by atoms with Gasteiger partial charge >= 0.3 is 5.97 Å². The van der Waals surface area contributed by atoms with Crippen LogP contribution in [0, 0.1) is 5.82 Å². The van der Waals surface area contributed by atoms with E-state index in [1.807, 2.05) is 0 Å². The predicted molar refractivity (Wildman–Crippen MR) is 94.7 cm³/mol. The predicted octanol–water partition coefficient (Wildman–Crippen LogP) is 2.04. The average Bonchev–Trinajstić information content (AvgIpc) is 3.01. The largest absolute Gasteiger partial charge is 0.493 e. The number of halogens is 1. The lowest BCUT2D eigenvalue weighted by atomic mass is 10.1. The molecular formula is C19H15FN2O5. The Morgan fingerprint density at radius 3 is 2.63 bits per heavy atom. The molecule has 0 spiro atoms. The number of hydrogen-bond acceptors (Lipinski definition) is 6. The van der Waals surface area contributed by atoms with Gasteiger partial charge in [0.15, 0.2) is 23.8 Å². The van der Waals surface area contributed by atoms with Crippen LogP contribution in [0.4, 0.5) is 4.39 Å². The molecule has 0 aliphatic carbocycles. The van der Waals surface area contributed by atoms with Crippen LogP contribution >= 0.6 is 0 Å². The van der Waals surface area contributed by atoms with Crippen molar-refractivity contribution < 1.29 is 28.2 Å². The maximum absolute atomic E-state index is 13.0. The van der Waals surface area contributed by atoms with E-state index in [0.29, 0.717) is 22.6 Å². The van der Waals surface area contributed by atoms with E-state index < -0.39 is 17.7 Å². The molecule has 0 aromatic heterocycles. The van der Waals surface area contributed by atoms with Gasteiger partial charge in [0.05, 0.1) is 7.11 Å². The van der Waals surface area contributed by atoms with Gasteiger partial charge in [0.2, 0.25) is 5.90 Å². The summed E-state index contributed by atoms with van der Waals surface area (Å²) in [5.74, 6) is -0.839. The molecule has 0 fully saturated rings. The number of cyclic esters (lactones) is 1. The molecule has 0 saturated carbocycles. The number of nitrogens with two attached hydrogens (primary N) is 1. The molecule has 3 rings (SSSR count). The summed E-state index contributed by atoms with van der Waals surface area (Å²) >= 11 is 0. The van der Waals surface area contributed by atoms with Crippen LogP contribution in [0.1, 0.15) is 11.1 Å². The zero-order valence-corrected chi connectivity index (χ0v) is 14.3. The van der Waals surface area contributed by atoms with Crippen LogP contribution in [0.5, 0.6) is 11.5 Å². The fourth-order valence-corrected chi connectivity index (χ4v) is 2.33. The molecule has 1 amide bonds. The summed E-state index contributed by atoms with van der Waals surface area (Å²) in [5, 5.41) is 0. The Kier molecular flexibility index (Phi) is 5.16. The molecule has 7 nitrogen and oxygen atoms in total. The number of nitrogens with zero attached hydrogens (tertiary/aromatic N) is 1. The van der Waals surface area contributed by atoms with Crippen molar-refractivity contribution in [1.82, 2.24) is 0 Å². The normalized spacial score (nSPS) is 14.7. The highest BCUT2D eigenvalue weighted by atomic mass is 19.1. The summed E-state index contributed by atoms with van der Waals surface area (Å²) in [6, 6.07) is 10.3. The lowest BCUT2D eigenvalue weighted by molar-refractivity contribution is -0.130. The van der Waals surface area contributed by atoms with Gasteiger partial charge in [-0.1, -0.05) is 6.07 Å². The van der Waals surface area contributed by atoms with Crippen LogP contribution in [0.3, 0.4) is 0 Å². The van der Waals surface area contributed by atoms with Crippen molar-refractivity contribution >= 4 is 23.9 Å². The minimum Gasteiger partial charge on any atom is -0.493 e. The standard InChI is InChI=1S/C19H15FN2O5/c1-25-16-9-11(2-7-15(16)26-10-17(21)23)8-14-19(24)27-18(22-14)12-3-5-13(20)6-4-12/h2-9H,10H2,1H3,(H2,21,23)/b14-8-. The fraction of sp³-hybridized carbons (Fsp3) is 0.105. The minimum atomic E-state index is -0.623. The monoisotopic (exact) mass is 370 g/mol. The van der Waals surface area contributed by atoms with Crippen molar-refractivity contribution in [2.24, 2.45) is 10.7 Å². The van der Waals surface area contributed by atoms with Gasteiger partial charge in [-0.2, -0.15) is 0 Å². The molecule has 1 heterocycles. The Hall–Kier alpha value is -3.68. The van der Waals surface area contributed by atoms with E-state index in [4.69, 9.17) is 19.9 Å². The quantitative estimate of drug-likeness (QED) is 0.620. The van der Waals surface area contributed by atoms with Gasteiger partial charge < -0.3 is 19.9 Å². The van der Waals surface area contributed by atoms with Crippen LogP contribution < -0.4 is 15.2 Å². The first-order valence-electron chi connectivity index (χ1n) is 7.84. The van der Waals surface area contributed by atoms with Crippen molar-refractivity contribution in [3.63, 3.8) is 0 Å². The molecule has 0 saturated heterocycles. The number of amides is 1. The Labute approximate surface area is 153 Å². The Morgan fingerprint density at radius 2 is 1.96 bits per heavy atom. The molecule has 2 aromatic carbocycles. The van der Waals surface area contributed by atoms with Crippen LogP contribution in [0.2, 0.25) is 0 Å². The van der Waals surface area contributed by atoms with Crippen molar-refractivity contribution in [2.75, 3.05) is 13.7 Å². The third-order valence-corrected chi connectivity index (χ3v) is 3.57. The molecule has 0 radical (unpaired) electrons. The minimum absolute atomic E-state index is 0.0854. The molecule has 1 aliphatic heterocycles. The average molecular weight is 370 g/mol. The number of esters is 1. The fourth-order valence-electron chi connectivity index (χ4n) is 2.33. The summed E-state index contributed by atoms with van der Waals surface area (Å²) in [4.78, 5) is 27.0. The van der Waals surface area contributed by atoms with Gasteiger partial charge in [-0.3, -0.25) is 4.79 Å². The van der Waals surface area contributed by atoms with Gasteiger partial charge in [-0.25, -0.2) is 14.2 Å². The highest BCUT2D eigenvalue weighted by molar-refractivity contribution is 6.12. The zero-order valence-electron chi connectivity index (χ0n) is 14.3. The van der Waals surface area contributed by atoms with Gasteiger partial charge in [0, 0.05) is 5.56 Å². The van der Waals surface area contributed by atoms with Crippen molar-refractivity contribution in [1.29, 1.82) is 0 Å². The van der Waals surface area contributed by atoms with Crippen LogP contribution in [-0.2, 0) is 14.3 Å². The number of methoxy groups -OCH3 is 1. The number of carbonyl (C=O) groups excluding carboxylic acids is 2. The van der Waals surface area contributed by atoms with Crippen LogP contribution in [0.25, 0.3) is 6.08 Å². The molecule has 0 atom stereocenters. The highest BCUT2D eigenvalue weighted by Crippen LogP contribution is 2.29. The molecule has 138 valence electrons. The number of ether oxygens (including phenoxy) is 3. The van der Waals surface area contributed by atoms with Crippen molar-refractivity contribution in [3.05, 3.63) is 65.1 Å². The molecule has 0 unspecified atom stereocenters. The Bertz CT molecular complexity index is 951. The lowest BCUT2D eigenvalue weighted by Gasteiger charge is -2.09. The number of hydrogen-bond donors (Lipinski definition) is 1. The zero-order chi connectivity index (χ0) is 19.4. The third kappa shape index (κ3) is 4.30. The number of carbonyl (C=O) groups is 2. The summed E-state index contributed by atoms with van der Waals surface area (Å²) < 4.78 is 28.6. The van der Waals surface area contributed by atoms with Crippen LogP contribution in [0.15, 0.2) is 53.2 Å². The van der Waals surface area contributed by atoms with Gasteiger partial charge in [0.25, 0.3) is 5.91 Å². The number of aliphatic imine (C=N–C) groups is 1. The summed E-state index contributed by atoms with van der Waals surface area (Å²) in [7, 11) is 1.44. The Balaban J connectivity index is 1.85. The first-order chi connectivity index (χ1) is 13.0. The SMILES string of the molecule is COc1cc(/C=C2\N=C(c3ccc(F)cc3)OC2=O)ccc1OCC(N)=O. The van der Waals surface area contributed by atoms with E-state index in [1.165, 1.54) is 37.5 Å². The summed E-state index contributed by atoms with van der Waals surface area (Å²) in [5.41, 5.74) is 6.23. The Morgan fingerprint density at radius 1 is 1.22 bits per heavy atom. The second-order valence-corrected chi connectivity index (χ2v) is 5.51. The van der Waals surface area contributed by atoms with E-state index in [0.717, 1.165) is 0 Å². The molecule has 0 bridgehead atoms. The second-order valence-electron chi connectivity index (χ2n) is 5.51. The lowest BCUT2D eigenvalue weighted by Crippen LogP contribution is -2.20. The van der Waals surface area contributed by atoms with E-state index in [9.17, 15) is 14.0 Å². The number of primary amides is 1. The third-order valence-electron chi connectivity index (χ3n) is 3.57. The van der Waals surface area contributed by atoms with E-state index in [-0.39, 0.29) is 18.2 Å². The maximum atomic E-state index is 13.0. The van der Waals surface area contributed by atoms with E-state index in [2.05, 4.69) is 4.99 Å². The van der Waals surface area contributed by atoms with E-state index in [1.54, 1.807) is 18.2 Å². The van der Waals surface area contributed by atoms with Gasteiger partial charge in [-0.15, -0.1) is 0 Å². The smallest absolute Gasteiger partial charge is 0.363 e. The van der Waals surface area contributed by atoms with E-state index >= 15 is 0 Å². The van der Waals surface area contributed by atoms with Crippen molar-refractivity contribution in [2.45, 2.75) is 0 Å². The number of rotatable bonds is 6. The van der Waals surface area contributed by atoms with Gasteiger partial charge in [-0.05, 0) is 48.0 Å². The highest BCUT2D eigenvalue weighted by Gasteiger charge is 2.24. The first kappa shape index (κ1) is 18.1.